The minimum atomic E-state index is -0.612. The summed E-state index contributed by atoms with van der Waals surface area (Å²) in [5.74, 6) is 0.416. The van der Waals surface area contributed by atoms with Gasteiger partial charge in [-0.15, -0.1) is 0 Å². The number of piperazine rings is 1. The molecule has 0 bridgehead atoms. The normalized spacial score (nSPS) is 16.1. The maximum Gasteiger partial charge on any atom is 0.338 e. The zero-order valence-electron chi connectivity index (χ0n) is 18.4. The van der Waals surface area contributed by atoms with Gasteiger partial charge in [0, 0.05) is 45.8 Å². The molecule has 2 rings (SSSR count). The number of likely N-dealkylation sites (N-methyl/N-ethyl adjacent to an activating group) is 1. The van der Waals surface area contributed by atoms with E-state index in [-0.39, 0.29) is 18.5 Å². The SMILES string of the molecule is CCOC(=O)c1ccc(OCC(O)CN2CCN(CC(=O)N(CC)CC)CC2)cc1. The molecule has 30 heavy (non-hydrogen) atoms. The maximum atomic E-state index is 12.2. The Morgan fingerprint density at radius 1 is 1.03 bits per heavy atom. The molecule has 0 radical (unpaired) electrons. The summed E-state index contributed by atoms with van der Waals surface area (Å²) in [5.41, 5.74) is 0.474. The monoisotopic (exact) mass is 421 g/mol. The minimum Gasteiger partial charge on any atom is -0.491 e. The van der Waals surface area contributed by atoms with Crippen LogP contribution in [0.25, 0.3) is 0 Å². The number of carbonyl (C=O) groups is 2. The van der Waals surface area contributed by atoms with E-state index in [0.29, 0.717) is 31.0 Å². The largest absolute Gasteiger partial charge is 0.491 e. The van der Waals surface area contributed by atoms with Gasteiger partial charge in [0.2, 0.25) is 5.91 Å². The van der Waals surface area contributed by atoms with Crippen LogP contribution in [-0.4, -0.2) is 103 Å². The first-order valence-corrected chi connectivity index (χ1v) is 10.8. The van der Waals surface area contributed by atoms with Crippen LogP contribution in [0.4, 0.5) is 0 Å². The summed E-state index contributed by atoms with van der Waals surface area (Å²) in [5, 5.41) is 10.3. The van der Waals surface area contributed by atoms with Crippen molar-refractivity contribution in [2.45, 2.75) is 26.9 Å². The van der Waals surface area contributed by atoms with Crippen LogP contribution in [0.2, 0.25) is 0 Å². The Kier molecular flexibility index (Phi) is 10.1. The van der Waals surface area contributed by atoms with Crippen molar-refractivity contribution in [3.8, 4) is 5.75 Å². The molecule has 1 aromatic rings. The van der Waals surface area contributed by atoms with Crippen molar-refractivity contribution in [1.29, 1.82) is 0 Å². The highest BCUT2D eigenvalue weighted by Gasteiger charge is 2.22. The van der Waals surface area contributed by atoms with Crippen molar-refractivity contribution in [3.63, 3.8) is 0 Å². The van der Waals surface area contributed by atoms with Gasteiger partial charge >= 0.3 is 5.97 Å². The summed E-state index contributed by atoms with van der Waals surface area (Å²) < 4.78 is 10.6. The van der Waals surface area contributed by atoms with Crippen LogP contribution in [0.3, 0.4) is 0 Å². The van der Waals surface area contributed by atoms with E-state index in [1.54, 1.807) is 31.2 Å². The lowest BCUT2D eigenvalue weighted by molar-refractivity contribution is -0.132. The number of nitrogens with zero attached hydrogens (tertiary/aromatic N) is 3. The van der Waals surface area contributed by atoms with Crippen molar-refractivity contribution < 1.29 is 24.2 Å². The molecule has 1 aromatic carbocycles. The van der Waals surface area contributed by atoms with Crippen molar-refractivity contribution in [1.82, 2.24) is 14.7 Å². The second-order valence-electron chi connectivity index (χ2n) is 7.35. The number of benzene rings is 1. The minimum absolute atomic E-state index is 0.177. The standard InChI is InChI=1S/C22H35N3O5/c1-4-25(5-2)21(27)16-24-13-11-23(12-14-24)15-19(26)17-30-20-9-7-18(8-10-20)22(28)29-6-3/h7-10,19,26H,4-6,11-17H2,1-3H3. The topological polar surface area (TPSA) is 82.5 Å². The third kappa shape index (κ3) is 7.59. The zero-order valence-corrected chi connectivity index (χ0v) is 18.4. The maximum absolute atomic E-state index is 12.2. The first-order chi connectivity index (χ1) is 14.5. The Balaban J connectivity index is 1.68. The Labute approximate surface area is 179 Å². The lowest BCUT2D eigenvalue weighted by Gasteiger charge is -2.36. The van der Waals surface area contributed by atoms with Crippen molar-refractivity contribution in [2.24, 2.45) is 0 Å². The lowest BCUT2D eigenvalue weighted by Crippen LogP contribution is -2.51. The molecule has 1 unspecified atom stereocenters. The van der Waals surface area contributed by atoms with E-state index in [9.17, 15) is 14.7 Å². The number of hydrogen-bond donors (Lipinski definition) is 1. The summed E-state index contributed by atoms with van der Waals surface area (Å²) >= 11 is 0. The number of β-amino-alcohol motifs (C(OH)–C–C–N with tert-alkyl or cyclic N) is 1. The second-order valence-corrected chi connectivity index (χ2v) is 7.35. The second kappa shape index (κ2) is 12.5. The number of esters is 1. The van der Waals surface area contributed by atoms with Crippen LogP contribution >= 0.6 is 0 Å². The van der Waals surface area contributed by atoms with Crippen LogP contribution < -0.4 is 4.74 Å². The fourth-order valence-corrected chi connectivity index (χ4v) is 3.44. The average Bonchev–Trinajstić information content (AvgIpc) is 2.75. The smallest absolute Gasteiger partial charge is 0.338 e. The Hall–Kier alpha value is -2.16. The van der Waals surface area contributed by atoms with Gasteiger partial charge in [0.25, 0.3) is 0 Å². The Morgan fingerprint density at radius 2 is 1.63 bits per heavy atom. The number of carbonyl (C=O) groups excluding carboxylic acids is 2. The molecule has 168 valence electrons. The number of aliphatic hydroxyl groups is 1. The van der Waals surface area contributed by atoms with E-state index in [1.165, 1.54) is 0 Å². The number of amides is 1. The molecule has 1 aliphatic rings. The lowest BCUT2D eigenvalue weighted by atomic mass is 10.2. The first-order valence-electron chi connectivity index (χ1n) is 10.8. The average molecular weight is 422 g/mol. The van der Waals surface area contributed by atoms with Crippen molar-refractivity contribution >= 4 is 11.9 Å². The van der Waals surface area contributed by atoms with E-state index in [4.69, 9.17) is 9.47 Å². The third-order valence-corrected chi connectivity index (χ3v) is 5.22. The van der Waals surface area contributed by atoms with E-state index in [1.807, 2.05) is 18.7 Å². The molecule has 0 aromatic heterocycles. The van der Waals surface area contributed by atoms with Gasteiger partial charge in [-0.05, 0) is 45.0 Å². The van der Waals surface area contributed by atoms with Gasteiger partial charge in [-0.25, -0.2) is 4.79 Å². The van der Waals surface area contributed by atoms with Crippen molar-refractivity contribution in [3.05, 3.63) is 29.8 Å². The van der Waals surface area contributed by atoms with Gasteiger partial charge in [-0.3, -0.25) is 14.6 Å². The molecular formula is C22H35N3O5. The molecule has 1 amide bonds. The van der Waals surface area contributed by atoms with Gasteiger partial charge in [0.15, 0.2) is 0 Å². The molecule has 1 aliphatic heterocycles. The highest BCUT2D eigenvalue weighted by atomic mass is 16.5. The van der Waals surface area contributed by atoms with Crippen molar-refractivity contribution in [2.75, 3.05) is 65.6 Å². The predicted octanol–water partition coefficient (Wildman–Crippen LogP) is 1.09. The molecule has 0 spiro atoms. The van der Waals surface area contributed by atoms with E-state index >= 15 is 0 Å². The summed E-state index contributed by atoms with van der Waals surface area (Å²) in [6.07, 6.45) is -0.612. The van der Waals surface area contributed by atoms with Gasteiger partial charge in [-0.2, -0.15) is 0 Å². The Bertz CT molecular complexity index is 655. The summed E-state index contributed by atoms with van der Waals surface area (Å²) in [6.45, 7) is 12.0. The van der Waals surface area contributed by atoms with Gasteiger partial charge in [0.05, 0.1) is 18.7 Å². The summed E-state index contributed by atoms with van der Waals surface area (Å²) in [7, 11) is 0. The third-order valence-electron chi connectivity index (χ3n) is 5.22. The van der Waals surface area contributed by atoms with Crippen LogP contribution in [0.5, 0.6) is 5.75 Å². The van der Waals surface area contributed by atoms with E-state index in [2.05, 4.69) is 9.80 Å². The molecule has 1 N–H and O–H groups in total. The molecule has 8 heteroatoms. The van der Waals surface area contributed by atoms with Gasteiger partial charge < -0.3 is 19.5 Å². The number of hydrogen-bond acceptors (Lipinski definition) is 7. The quantitative estimate of drug-likeness (QED) is 0.536. The molecule has 0 aliphatic carbocycles. The predicted molar refractivity (Wildman–Crippen MR) is 115 cm³/mol. The molecule has 1 fully saturated rings. The fraction of sp³-hybridized carbons (Fsp3) is 0.636. The Morgan fingerprint density at radius 3 is 2.20 bits per heavy atom. The summed E-state index contributed by atoms with van der Waals surface area (Å²) in [4.78, 5) is 30.1. The fourth-order valence-electron chi connectivity index (χ4n) is 3.44. The van der Waals surface area contributed by atoms with Crippen LogP contribution in [-0.2, 0) is 9.53 Å². The summed E-state index contributed by atoms with van der Waals surface area (Å²) in [6, 6.07) is 6.70. The first kappa shape index (κ1) is 24.1. The molecule has 1 heterocycles. The van der Waals surface area contributed by atoms with E-state index in [0.717, 1.165) is 39.3 Å². The molecule has 1 saturated heterocycles. The van der Waals surface area contributed by atoms with Gasteiger partial charge in [0.1, 0.15) is 18.5 Å². The van der Waals surface area contributed by atoms with E-state index < -0.39 is 6.10 Å². The molecule has 0 saturated carbocycles. The number of ether oxygens (including phenoxy) is 2. The van der Waals surface area contributed by atoms with Crippen LogP contribution in [0, 0.1) is 0 Å². The van der Waals surface area contributed by atoms with Gasteiger partial charge in [-0.1, -0.05) is 0 Å². The highest BCUT2D eigenvalue weighted by molar-refractivity contribution is 5.89. The molecule has 8 nitrogen and oxygen atoms in total. The zero-order chi connectivity index (χ0) is 21.9. The van der Waals surface area contributed by atoms with Crippen LogP contribution in [0.1, 0.15) is 31.1 Å². The number of rotatable bonds is 11. The van der Waals surface area contributed by atoms with Crippen LogP contribution in [0.15, 0.2) is 24.3 Å². The molecular weight excluding hydrogens is 386 g/mol. The highest BCUT2D eigenvalue weighted by Crippen LogP contribution is 2.14. The molecule has 1 atom stereocenters. The number of aliphatic hydroxyl groups excluding tert-OH is 1.